The molecule has 0 fully saturated rings. The van der Waals surface area contributed by atoms with Gasteiger partial charge in [-0.1, -0.05) is 60.7 Å². The van der Waals surface area contributed by atoms with Gasteiger partial charge in [-0.25, -0.2) is 13.8 Å². The van der Waals surface area contributed by atoms with E-state index in [-0.39, 0.29) is 6.54 Å². The molecular formula is C24H25N3O4S. The Morgan fingerprint density at radius 3 is 2.38 bits per heavy atom. The maximum Gasteiger partial charge on any atom is 0.260 e. The van der Waals surface area contributed by atoms with Crippen LogP contribution in [0.4, 0.5) is 5.69 Å². The number of hydrogen-bond donors (Lipinski definition) is 1. The van der Waals surface area contributed by atoms with Crippen molar-refractivity contribution in [2.75, 3.05) is 17.1 Å². The van der Waals surface area contributed by atoms with Crippen LogP contribution >= 0.6 is 0 Å². The molecule has 1 N–H and O–H groups in total. The van der Waals surface area contributed by atoms with E-state index < -0.39 is 15.9 Å². The van der Waals surface area contributed by atoms with Crippen molar-refractivity contribution in [3.63, 3.8) is 0 Å². The zero-order valence-corrected chi connectivity index (χ0v) is 18.7. The van der Waals surface area contributed by atoms with Gasteiger partial charge in [0.15, 0.2) is 0 Å². The highest BCUT2D eigenvalue weighted by Crippen LogP contribution is 2.21. The van der Waals surface area contributed by atoms with Crippen molar-refractivity contribution in [3.05, 3.63) is 95.6 Å². The lowest BCUT2D eigenvalue weighted by molar-refractivity contribution is -0.119. The van der Waals surface area contributed by atoms with E-state index in [0.717, 1.165) is 21.7 Å². The maximum atomic E-state index is 12.4. The van der Waals surface area contributed by atoms with Crippen LogP contribution in [-0.2, 0) is 21.4 Å². The van der Waals surface area contributed by atoms with Gasteiger partial charge < -0.3 is 4.74 Å². The predicted octanol–water partition coefficient (Wildman–Crippen LogP) is 3.49. The third-order valence-electron chi connectivity index (χ3n) is 4.62. The van der Waals surface area contributed by atoms with Crippen LogP contribution in [0.25, 0.3) is 0 Å². The minimum atomic E-state index is -3.65. The first-order chi connectivity index (χ1) is 15.3. The summed E-state index contributed by atoms with van der Waals surface area (Å²) >= 11 is 0. The number of amides is 1. The molecule has 0 unspecified atom stereocenters. The van der Waals surface area contributed by atoms with Crippen molar-refractivity contribution >= 4 is 27.8 Å². The van der Waals surface area contributed by atoms with Crippen LogP contribution in [0.15, 0.2) is 84.0 Å². The molecule has 3 rings (SSSR count). The van der Waals surface area contributed by atoms with Crippen molar-refractivity contribution in [2.24, 2.45) is 5.10 Å². The van der Waals surface area contributed by atoms with E-state index in [4.69, 9.17) is 4.74 Å². The molecule has 0 aromatic heterocycles. The van der Waals surface area contributed by atoms with Crippen molar-refractivity contribution in [2.45, 2.75) is 13.5 Å². The first-order valence-corrected chi connectivity index (χ1v) is 11.8. The van der Waals surface area contributed by atoms with Crippen molar-refractivity contribution < 1.29 is 17.9 Å². The number of hydrogen-bond acceptors (Lipinski definition) is 5. The van der Waals surface area contributed by atoms with Crippen LogP contribution in [0.1, 0.15) is 16.7 Å². The number of carbonyl (C=O) groups is 1. The number of benzene rings is 3. The lowest BCUT2D eigenvalue weighted by Crippen LogP contribution is -2.39. The van der Waals surface area contributed by atoms with Gasteiger partial charge in [0.2, 0.25) is 10.0 Å². The van der Waals surface area contributed by atoms with Crippen LogP contribution < -0.4 is 14.5 Å². The van der Waals surface area contributed by atoms with Crippen LogP contribution in [0.3, 0.4) is 0 Å². The number of nitrogens with zero attached hydrogens (tertiary/aromatic N) is 2. The largest absolute Gasteiger partial charge is 0.488 e. The average Bonchev–Trinajstić information content (AvgIpc) is 2.77. The summed E-state index contributed by atoms with van der Waals surface area (Å²) in [6.45, 7) is 1.81. The second-order valence-corrected chi connectivity index (χ2v) is 9.07. The third-order valence-corrected chi connectivity index (χ3v) is 5.75. The van der Waals surface area contributed by atoms with E-state index in [9.17, 15) is 13.2 Å². The van der Waals surface area contributed by atoms with Crippen LogP contribution in [0.2, 0.25) is 0 Å². The predicted molar refractivity (Wildman–Crippen MR) is 126 cm³/mol. The molecule has 32 heavy (non-hydrogen) atoms. The monoisotopic (exact) mass is 451 g/mol. The molecule has 0 saturated heterocycles. The van der Waals surface area contributed by atoms with Gasteiger partial charge in [0.25, 0.3) is 5.91 Å². The zero-order chi connectivity index (χ0) is 23.0. The molecule has 0 aliphatic carbocycles. The number of sulfonamides is 1. The van der Waals surface area contributed by atoms with E-state index >= 15 is 0 Å². The molecule has 0 heterocycles. The number of aryl methyl sites for hydroxylation is 1. The van der Waals surface area contributed by atoms with E-state index in [1.165, 1.54) is 6.21 Å². The highest BCUT2D eigenvalue weighted by atomic mass is 32.2. The molecule has 0 aliphatic heterocycles. The summed E-state index contributed by atoms with van der Waals surface area (Å²) in [4.78, 5) is 12.4. The number of hydrazone groups is 1. The van der Waals surface area contributed by atoms with Gasteiger partial charge in [0.05, 0.1) is 18.2 Å². The Labute approximate surface area is 188 Å². The standard InChI is InChI=1S/C24H25N3O4S/c1-19-10-6-8-14-22(19)27(32(2,29)30)17-24(28)26-25-16-21-13-7-9-15-23(21)31-18-20-11-4-3-5-12-20/h3-16H,17-18H2,1-2H3,(H,26,28)/b25-16-. The van der Waals surface area contributed by atoms with E-state index in [1.54, 1.807) is 31.2 Å². The normalized spacial score (nSPS) is 11.3. The maximum absolute atomic E-state index is 12.4. The number of para-hydroxylation sites is 2. The van der Waals surface area contributed by atoms with Gasteiger partial charge in [-0.05, 0) is 36.2 Å². The van der Waals surface area contributed by atoms with Crippen LogP contribution in [0, 0.1) is 6.92 Å². The second-order valence-electron chi connectivity index (χ2n) is 7.16. The summed E-state index contributed by atoms with van der Waals surface area (Å²) in [6, 6.07) is 24.1. The number of ether oxygens (including phenoxy) is 1. The SMILES string of the molecule is Cc1ccccc1N(CC(=O)N/N=C\c1ccccc1OCc1ccccc1)S(C)(=O)=O. The molecule has 3 aromatic rings. The van der Waals surface area contributed by atoms with Gasteiger partial charge in [-0.3, -0.25) is 9.10 Å². The molecular weight excluding hydrogens is 426 g/mol. The van der Waals surface area contributed by atoms with Gasteiger partial charge in [-0.2, -0.15) is 5.10 Å². The molecule has 0 bridgehead atoms. The molecule has 0 spiro atoms. The van der Waals surface area contributed by atoms with Gasteiger partial charge in [0.1, 0.15) is 18.9 Å². The Balaban J connectivity index is 1.65. The van der Waals surface area contributed by atoms with Crippen LogP contribution in [0.5, 0.6) is 5.75 Å². The van der Waals surface area contributed by atoms with Crippen molar-refractivity contribution in [1.29, 1.82) is 0 Å². The minimum Gasteiger partial charge on any atom is -0.488 e. The molecule has 0 radical (unpaired) electrons. The Morgan fingerprint density at radius 2 is 1.66 bits per heavy atom. The van der Waals surface area contributed by atoms with Gasteiger partial charge in [-0.15, -0.1) is 0 Å². The van der Waals surface area contributed by atoms with Gasteiger partial charge >= 0.3 is 0 Å². The summed E-state index contributed by atoms with van der Waals surface area (Å²) in [6.07, 6.45) is 2.53. The summed E-state index contributed by atoms with van der Waals surface area (Å²) in [5, 5.41) is 3.98. The van der Waals surface area contributed by atoms with Crippen LogP contribution in [-0.4, -0.2) is 33.3 Å². The smallest absolute Gasteiger partial charge is 0.260 e. The van der Waals surface area contributed by atoms with Crippen molar-refractivity contribution in [1.82, 2.24) is 5.43 Å². The molecule has 0 atom stereocenters. The fraction of sp³-hybridized carbons (Fsp3) is 0.167. The average molecular weight is 452 g/mol. The van der Waals surface area contributed by atoms with E-state index in [0.29, 0.717) is 23.6 Å². The molecule has 0 saturated carbocycles. The number of carbonyl (C=O) groups excluding carboxylic acids is 1. The number of rotatable bonds is 9. The fourth-order valence-electron chi connectivity index (χ4n) is 3.02. The zero-order valence-electron chi connectivity index (χ0n) is 17.9. The molecule has 8 heteroatoms. The summed E-state index contributed by atoms with van der Waals surface area (Å²) < 4.78 is 31.4. The molecule has 166 valence electrons. The molecule has 0 aliphatic rings. The Hall–Kier alpha value is -3.65. The minimum absolute atomic E-state index is 0.382. The molecule has 3 aromatic carbocycles. The number of anilines is 1. The number of nitrogens with one attached hydrogen (secondary N) is 1. The first kappa shape index (κ1) is 23.0. The lowest BCUT2D eigenvalue weighted by atomic mass is 10.2. The third kappa shape index (κ3) is 6.42. The van der Waals surface area contributed by atoms with E-state index in [1.807, 2.05) is 54.6 Å². The molecule has 1 amide bonds. The van der Waals surface area contributed by atoms with Gasteiger partial charge in [0, 0.05) is 5.56 Å². The second kappa shape index (κ2) is 10.6. The Bertz CT molecular complexity index is 1190. The summed E-state index contributed by atoms with van der Waals surface area (Å²) in [5.74, 6) is 0.0598. The highest BCUT2D eigenvalue weighted by Gasteiger charge is 2.21. The fourth-order valence-corrected chi connectivity index (χ4v) is 3.93. The topological polar surface area (TPSA) is 88.1 Å². The Morgan fingerprint density at radius 1 is 1.00 bits per heavy atom. The lowest BCUT2D eigenvalue weighted by Gasteiger charge is -2.23. The quantitative estimate of drug-likeness (QED) is 0.398. The summed E-state index contributed by atoms with van der Waals surface area (Å²) in [5.41, 5.74) is 5.31. The highest BCUT2D eigenvalue weighted by molar-refractivity contribution is 7.92. The molecule has 7 nitrogen and oxygen atoms in total. The first-order valence-electron chi connectivity index (χ1n) is 9.95. The summed E-state index contributed by atoms with van der Waals surface area (Å²) in [7, 11) is -3.65. The van der Waals surface area contributed by atoms with Crippen molar-refractivity contribution in [3.8, 4) is 5.75 Å². The Kier molecular flexibility index (Phi) is 7.62. The van der Waals surface area contributed by atoms with E-state index in [2.05, 4.69) is 10.5 Å².